The lowest BCUT2D eigenvalue weighted by Gasteiger charge is -2.08. The van der Waals surface area contributed by atoms with Crippen LogP contribution >= 0.6 is 0 Å². The molecule has 1 aliphatic rings. The van der Waals surface area contributed by atoms with Gasteiger partial charge in [0.05, 0.1) is 6.10 Å². The molecule has 2 heterocycles. The van der Waals surface area contributed by atoms with Gasteiger partial charge in [0.25, 0.3) is 0 Å². The van der Waals surface area contributed by atoms with Gasteiger partial charge in [-0.2, -0.15) is 0 Å². The number of ether oxygens (including phenoxy) is 1. The van der Waals surface area contributed by atoms with Gasteiger partial charge in [0.15, 0.2) is 0 Å². The first-order valence-corrected chi connectivity index (χ1v) is 4.19. The summed E-state index contributed by atoms with van der Waals surface area (Å²) in [4.78, 5) is 4.02. The van der Waals surface area contributed by atoms with E-state index in [0.29, 0.717) is 5.82 Å². The van der Waals surface area contributed by atoms with Crippen LogP contribution in [-0.4, -0.2) is 11.6 Å². The predicted octanol–water partition coefficient (Wildman–Crippen LogP) is 1.52. The first-order valence-electron chi connectivity index (χ1n) is 4.19. The average molecular weight is 164 g/mol. The van der Waals surface area contributed by atoms with Crippen LogP contribution in [0.4, 0.5) is 5.82 Å². The van der Waals surface area contributed by atoms with E-state index < -0.39 is 0 Å². The van der Waals surface area contributed by atoms with Crippen LogP contribution in [0.5, 0.6) is 0 Å². The molecular weight excluding hydrogens is 152 g/mol. The molecule has 0 saturated carbocycles. The maximum absolute atomic E-state index is 5.50. The number of hydrogen-bond acceptors (Lipinski definition) is 3. The summed E-state index contributed by atoms with van der Waals surface area (Å²) in [6.45, 7) is 0.870. The topological polar surface area (TPSA) is 48.1 Å². The summed E-state index contributed by atoms with van der Waals surface area (Å²) in [6.07, 6.45) is 4.30. The van der Waals surface area contributed by atoms with E-state index in [0.717, 1.165) is 25.0 Å². The Labute approximate surface area is 71.6 Å². The Bertz CT molecular complexity index is 252. The van der Waals surface area contributed by atoms with Crippen molar-refractivity contribution in [1.29, 1.82) is 0 Å². The molecule has 0 bridgehead atoms. The molecule has 64 valence electrons. The SMILES string of the molecule is Nc1ccc(C2CCCO2)cn1. The predicted molar refractivity (Wildman–Crippen MR) is 46.6 cm³/mol. The van der Waals surface area contributed by atoms with Crippen LogP contribution in [0.15, 0.2) is 18.3 Å². The van der Waals surface area contributed by atoms with E-state index in [1.165, 1.54) is 0 Å². The van der Waals surface area contributed by atoms with E-state index in [1.807, 2.05) is 12.1 Å². The van der Waals surface area contributed by atoms with Crippen molar-refractivity contribution in [2.75, 3.05) is 12.3 Å². The standard InChI is InChI=1S/C9H12N2O/c10-9-4-3-7(6-11-9)8-2-1-5-12-8/h3-4,6,8H,1-2,5H2,(H2,10,11). The zero-order valence-corrected chi connectivity index (χ0v) is 6.86. The summed E-state index contributed by atoms with van der Waals surface area (Å²) in [5, 5.41) is 0. The van der Waals surface area contributed by atoms with Crippen molar-refractivity contribution in [2.24, 2.45) is 0 Å². The van der Waals surface area contributed by atoms with Crippen molar-refractivity contribution < 1.29 is 4.74 Å². The largest absolute Gasteiger partial charge is 0.384 e. The second-order valence-electron chi connectivity index (χ2n) is 3.02. The molecule has 3 heteroatoms. The van der Waals surface area contributed by atoms with Crippen molar-refractivity contribution in [3.63, 3.8) is 0 Å². The molecule has 1 aromatic heterocycles. The van der Waals surface area contributed by atoms with E-state index >= 15 is 0 Å². The summed E-state index contributed by atoms with van der Waals surface area (Å²) in [7, 11) is 0. The fourth-order valence-electron chi connectivity index (χ4n) is 1.45. The van der Waals surface area contributed by atoms with Crippen molar-refractivity contribution in [3.8, 4) is 0 Å². The molecule has 0 aromatic carbocycles. The Balaban J connectivity index is 2.17. The van der Waals surface area contributed by atoms with Crippen LogP contribution in [0.3, 0.4) is 0 Å². The van der Waals surface area contributed by atoms with Gasteiger partial charge in [0.2, 0.25) is 0 Å². The van der Waals surface area contributed by atoms with Gasteiger partial charge in [-0.15, -0.1) is 0 Å². The zero-order chi connectivity index (χ0) is 8.39. The summed E-state index contributed by atoms with van der Waals surface area (Å²) in [5.41, 5.74) is 6.61. The third-order valence-electron chi connectivity index (χ3n) is 2.11. The summed E-state index contributed by atoms with van der Waals surface area (Å²) >= 11 is 0. The highest BCUT2D eigenvalue weighted by Crippen LogP contribution is 2.27. The number of nitrogen functional groups attached to an aromatic ring is 1. The van der Waals surface area contributed by atoms with E-state index in [2.05, 4.69) is 4.98 Å². The van der Waals surface area contributed by atoms with Gasteiger partial charge < -0.3 is 10.5 Å². The molecule has 1 saturated heterocycles. The third kappa shape index (κ3) is 1.41. The van der Waals surface area contributed by atoms with Gasteiger partial charge in [-0.05, 0) is 24.5 Å². The minimum absolute atomic E-state index is 0.248. The van der Waals surface area contributed by atoms with E-state index in [9.17, 15) is 0 Å². The molecule has 2 N–H and O–H groups in total. The van der Waals surface area contributed by atoms with Crippen molar-refractivity contribution in [1.82, 2.24) is 4.98 Å². The lowest BCUT2D eigenvalue weighted by Crippen LogP contribution is -1.97. The van der Waals surface area contributed by atoms with E-state index in [1.54, 1.807) is 6.20 Å². The molecule has 0 spiro atoms. The molecule has 0 radical (unpaired) electrons. The first kappa shape index (κ1) is 7.55. The molecule has 1 aliphatic heterocycles. The molecule has 1 unspecified atom stereocenters. The maximum Gasteiger partial charge on any atom is 0.123 e. The Kier molecular flexibility index (Phi) is 1.96. The van der Waals surface area contributed by atoms with Crippen molar-refractivity contribution in [2.45, 2.75) is 18.9 Å². The fraction of sp³-hybridized carbons (Fsp3) is 0.444. The number of nitrogens with two attached hydrogens (primary N) is 1. The summed E-state index contributed by atoms with van der Waals surface area (Å²) in [6, 6.07) is 3.80. The maximum atomic E-state index is 5.50. The van der Waals surface area contributed by atoms with Crippen LogP contribution in [0.25, 0.3) is 0 Å². The number of nitrogens with zero attached hydrogens (tertiary/aromatic N) is 1. The molecule has 1 atom stereocenters. The molecule has 1 aromatic rings. The first-order chi connectivity index (χ1) is 5.86. The lowest BCUT2D eigenvalue weighted by molar-refractivity contribution is 0.111. The Morgan fingerprint density at radius 3 is 3.00 bits per heavy atom. The van der Waals surface area contributed by atoms with Crippen molar-refractivity contribution in [3.05, 3.63) is 23.9 Å². The van der Waals surface area contributed by atoms with Gasteiger partial charge in [-0.1, -0.05) is 6.07 Å². The van der Waals surface area contributed by atoms with Gasteiger partial charge in [0.1, 0.15) is 5.82 Å². The molecule has 3 nitrogen and oxygen atoms in total. The van der Waals surface area contributed by atoms with Crippen LogP contribution in [0, 0.1) is 0 Å². The molecule has 1 fully saturated rings. The van der Waals surface area contributed by atoms with Gasteiger partial charge >= 0.3 is 0 Å². The number of pyridine rings is 1. The van der Waals surface area contributed by atoms with Gasteiger partial charge in [-0.3, -0.25) is 0 Å². The number of aromatic nitrogens is 1. The fourth-order valence-corrected chi connectivity index (χ4v) is 1.45. The van der Waals surface area contributed by atoms with E-state index in [4.69, 9.17) is 10.5 Å². The quantitative estimate of drug-likeness (QED) is 0.684. The average Bonchev–Trinajstić information content (AvgIpc) is 2.58. The van der Waals surface area contributed by atoms with Crippen LogP contribution in [-0.2, 0) is 4.74 Å². The smallest absolute Gasteiger partial charge is 0.123 e. The van der Waals surface area contributed by atoms with Crippen LogP contribution < -0.4 is 5.73 Å². The lowest BCUT2D eigenvalue weighted by atomic mass is 10.1. The minimum Gasteiger partial charge on any atom is -0.384 e. The number of hydrogen-bond donors (Lipinski definition) is 1. The molecule has 0 amide bonds. The highest BCUT2D eigenvalue weighted by molar-refractivity contribution is 5.30. The molecule has 0 aliphatic carbocycles. The zero-order valence-electron chi connectivity index (χ0n) is 6.86. The van der Waals surface area contributed by atoms with Gasteiger partial charge in [-0.25, -0.2) is 4.98 Å². The number of anilines is 1. The van der Waals surface area contributed by atoms with Crippen molar-refractivity contribution >= 4 is 5.82 Å². The van der Waals surface area contributed by atoms with Gasteiger partial charge in [0, 0.05) is 12.8 Å². The van der Waals surface area contributed by atoms with Crippen LogP contribution in [0.2, 0.25) is 0 Å². The molecule has 2 rings (SSSR count). The third-order valence-corrected chi connectivity index (χ3v) is 2.11. The number of rotatable bonds is 1. The summed E-state index contributed by atoms with van der Waals surface area (Å²) < 4.78 is 5.50. The highest BCUT2D eigenvalue weighted by Gasteiger charge is 2.17. The highest BCUT2D eigenvalue weighted by atomic mass is 16.5. The Morgan fingerprint density at radius 2 is 2.42 bits per heavy atom. The molecular formula is C9H12N2O. The Hall–Kier alpha value is -1.09. The second-order valence-corrected chi connectivity index (χ2v) is 3.02. The minimum atomic E-state index is 0.248. The van der Waals surface area contributed by atoms with Crippen LogP contribution in [0.1, 0.15) is 24.5 Å². The normalized spacial score (nSPS) is 22.8. The molecule has 12 heavy (non-hydrogen) atoms. The summed E-state index contributed by atoms with van der Waals surface area (Å²) in [5.74, 6) is 0.566. The second kappa shape index (κ2) is 3.11. The van der Waals surface area contributed by atoms with E-state index in [-0.39, 0.29) is 6.10 Å². The Morgan fingerprint density at radius 1 is 1.50 bits per heavy atom. The monoisotopic (exact) mass is 164 g/mol.